The Balaban J connectivity index is 1.61. The van der Waals surface area contributed by atoms with E-state index in [1.54, 1.807) is 16.2 Å². The van der Waals surface area contributed by atoms with Crippen LogP contribution in [0.4, 0.5) is 0 Å². The lowest BCUT2D eigenvalue weighted by molar-refractivity contribution is -0.141. The van der Waals surface area contributed by atoms with Gasteiger partial charge in [0.05, 0.1) is 12.6 Å². The second-order valence-corrected chi connectivity index (χ2v) is 10.1. The zero-order valence-electron chi connectivity index (χ0n) is 20.4. The molecule has 0 N–H and O–H groups in total. The van der Waals surface area contributed by atoms with Crippen LogP contribution >= 0.6 is 11.3 Å². The fourth-order valence-corrected chi connectivity index (χ4v) is 5.69. The molecule has 5 heteroatoms. The summed E-state index contributed by atoms with van der Waals surface area (Å²) in [5.74, 6) is 0.185. The molecule has 0 bridgehead atoms. The van der Waals surface area contributed by atoms with Crippen molar-refractivity contribution in [2.75, 3.05) is 19.6 Å². The van der Waals surface area contributed by atoms with E-state index in [9.17, 15) is 9.59 Å². The van der Waals surface area contributed by atoms with E-state index in [2.05, 4.69) is 37.4 Å². The third-order valence-corrected chi connectivity index (χ3v) is 7.56. The number of carbonyl (C=O) groups excluding carboxylic acids is 2. The van der Waals surface area contributed by atoms with Crippen molar-refractivity contribution < 1.29 is 9.59 Å². The van der Waals surface area contributed by atoms with Crippen LogP contribution in [-0.4, -0.2) is 41.2 Å². The van der Waals surface area contributed by atoms with Crippen molar-refractivity contribution in [1.82, 2.24) is 9.80 Å². The van der Waals surface area contributed by atoms with E-state index in [1.807, 2.05) is 23.1 Å². The maximum absolute atomic E-state index is 13.5. The molecule has 2 amide bonds. The first-order valence-electron chi connectivity index (χ1n) is 12.8. The minimum Gasteiger partial charge on any atom is -0.333 e. The van der Waals surface area contributed by atoms with Crippen molar-refractivity contribution in [3.8, 4) is 0 Å². The molecular weight excluding hydrogens is 428 g/mol. The fourth-order valence-electron chi connectivity index (χ4n) is 4.79. The van der Waals surface area contributed by atoms with Crippen LogP contribution < -0.4 is 0 Å². The molecule has 0 fully saturated rings. The van der Waals surface area contributed by atoms with Gasteiger partial charge in [0.2, 0.25) is 11.8 Å². The molecule has 1 aromatic carbocycles. The Hall–Kier alpha value is -2.14. The summed E-state index contributed by atoms with van der Waals surface area (Å²) in [6.07, 6.45) is 10.7. The molecule has 1 aliphatic rings. The predicted octanol–water partition coefficient (Wildman–Crippen LogP) is 6.60. The van der Waals surface area contributed by atoms with Crippen LogP contribution in [0.15, 0.2) is 41.8 Å². The van der Waals surface area contributed by atoms with Crippen LogP contribution in [0.3, 0.4) is 0 Å². The molecule has 1 atom stereocenters. The number of nitrogens with zero attached hydrogens (tertiary/aromatic N) is 2. The zero-order valence-corrected chi connectivity index (χ0v) is 21.2. The summed E-state index contributed by atoms with van der Waals surface area (Å²) >= 11 is 1.78. The van der Waals surface area contributed by atoms with Gasteiger partial charge in [-0.3, -0.25) is 9.59 Å². The van der Waals surface area contributed by atoms with Crippen molar-refractivity contribution >= 4 is 23.2 Å². The Morgan fingerprint density at radius 3 is 2.42 bits per heavy atom. The first kappa shape index (κ1) is 25.5. The second kappa shape index (κ2) is 13.5. The summed E-state index contributed by atoms with van der Waals surface area (Å²) in [6.45, 7) is 5.84. The van der Waals surface area contributed by atoms with E-state index in [1.165, 1.54) is 42.5 Å². The number of hydrogen-bond donors (Lipinski definition) is 0. The Morgan fingerprint density at radius 1 is 0.970 bits per heavy atom. The summed E-state index contributed by atoms with van der Waals surface area (Å²) in [7, 11) is 0. The lowest BCUT2D eigenvalue weighted by atomic mass is 9.93. The number of hydrogen-bond acceptors (Lipinski definition) is 3. The predicted molar refractivity (Wildman–Crippen MR) is 138 cm³/mol. The first-order valence-corrected chi connectivity index (χ1v) is 13.7. The lowest BCUT2D eigenvalue weighted by Gasteiger charge is -2.37. The summed E-state index contributed by atoms with van der Waals surface area (Å²) in [5, 5.41) is 2.13. The summed E-state index contributed by atoms with van der Waals surface area (Å²) in [4.78, 5) is 31.6. The Bertz CT molecular complexity index is 864. The van der Waals surface area contributed by atoms with Crippen LogP contribution in [0.5, 0.6) is 0 Å². The maximum atomic E-state index is 13.5. The number of carbonyl (C=O) groups is 2. The standard InChI is InChI=1S/C28H40N2O2S/c1-3-5-6-7-8-9-13-16-26(31)29(19-4-2)22-27(32)30-20-17-25-24(18-21-33-25)28(30)23-14-11-10-12-15-23/h10-12,14-15,18,21,28H,3-9,13,16-17,19-20,22H2,1-2H3. The van der Waals surface area contributed by atoms with E-state index < -0.39 is 0 Å². The van der Waals surface area contributed by atoms with Crippen LogP contribution in [-0.2, 0) is 16.0 Å². The van der Waals surface area contributed by atoms with Gasteiger partial charge in [0.25, 0.3) is 0 Å². The average Bonchev–Trinajstić information content (AvgIpc) is 3.32. The van der Waals surface area contributed by atoms with E-state index in [0.717, 1.165) is 31.2 Å². The van der Waals surface area contributed by atoms with Crippen LogP contribution in [0, 0.1) is 0 Å². The summed E-state index contributed by atoms with van der Waals surface area (Å²) in [6, 6.07) is 12.4. The highest BCUT2D eigenvalue weighted by Crippen LogP contribution is 2.37. The van der Waals surface area contributed by atoms with Crippen LogP contribution in [0.1, 0.15) is 93.7 Å². The number of amides is 2. The largest absolute Gasteiger partial charge is 0.333 e. The molecule has 1 unspecified atom stereocenters. The quantitative estimate of drug-likeness (QED) is 0.311. The Morgan fingerprint density at radius 2 is 1.70 bits per heavy atom. The van der Waals surface area contributed by atoms with E-state index >= 15 is 0 Å². The van der Waals surface area contributed by atoms with E-state index in [-0.39, 0.29) is 24.4 Å². The van der Waals surface area contributed by atoms with E-state index in [0.29, 0.717) is 19.5 Å². The number of fused-ring (bicyclic) bond motifs is 1. The van der Waals surface area contributed by atoms with Gasteiger partial charge in [0.1, 0.15) is 0 Å². The van der Waals surface area contributed by atoms with Crippen LogP contribution in [0.25, 0.3) is 0 Å². The SMILES string of the molecule is CCCCCCCCCC(=O)N(CCC)CC(=O)N1CCc2sccc2C1c1ccccc1. The third-order valence-electron chi connectivity index (χ3n) is 6.57. The molecule has 0 radical (unpaired) electrons. The average molecular weight is 469 g/mol. The van der Waals surface area contributed by atoms with Gasteiger partial charge in [-0.15, -0.1) is 11.3 Å². The van der Waals surface area contributed by atoms with Gasteiger partial charge >= 0.3 is 0 Å². The summed E-state index contributed by atoms with van der Waals surface area (Å²) in [5.41, 5.74) is 2.38. The van der Waals surface area contributed by atoms with Gasteiger partial charge in [-0.25, -0.2) is 0 Å². The van der Waals surface area contributed by atoms with Crippen LogP contribution in [0.2, 0.25) is 0 Å². The minimum absolute atomic E-state index is 0.0575. The molecule has 2 heterocycles. The normalized spacial score (nSPS) is 15.3. The molecule has 0 saturated heterocycles. The molecule has 33 heavy (non-hydrogen) atoms. The first-order chi connectivity index (χ1) is 16.2. The Kier molecular flexibility index (Phi) is 10.5. The number of benzene rings is 1. The highest BCUT2D eigenvalue weighted by molar-refractivity contribution is 7.10. The molecule has 0 aliphatic carbocycles. The molecule has 1 aromatic heterocycles. The van der Waals surface area contributed by atoms with Gasteiger partial charge in [0.15, 0.2) is 0 Å². The lowest BCUT2D eigenvalue weighted by Crippen LogP contribution is -2.47. The molecule has 1 aliphatic heterocycles. The molecule has 4 nitrogen and oxygen atoms in total. The molecule has 0 saturated carbocycles. The topological polar surface area (TPSA) is 40.6 Å². The second-order valence-electron chi connectivity index (χ2n) is 9.14. The third kappa shape index (κ3) is 7.17. The highest BCUT2D eigenvalue weighted by Gasteiger charge is 2.33. The fraction of sp³-hybridized carbons (Fsp3) is 0.571. The van der Waals surface area contributed by atoms with Gasteiger partial charge < -0.3 is 9.80 Å². The maximum Gasteiger partial charge on any atom is 0.242 e. The molecule has 180 valence electrons. The number of rotatable bonds is 13. The smallest absolute Gasteiger partial charge is 0.242 e. The van der Waals surface area contributed by atoms with Crippen molar-refractivity contribution in [3.05, 3.63) is 57.8 Å². The molecule has 2 aromatic rings. The number of thiophene rings is 1. The highest BCUT2D eigenvalue weighted by atomic mass is 32.1. The van der Waals surface area contributed by atoms with Crippen molar-refractivity contribution in [1.29, 1.82) is 0 Å². The van der Waals surface area contributed by atoms with Crippen molar-refractivity contribution in [3.63, 3.8) is 0 Å². The summed E-state index contributed by atoms with van der Waals surface area (Å²) < 4.78 is 0. The van der Waals surface area contributed by atoms with Gasteiger partial charge in [-0.1, -0.05) is 82.7 Å². The van der Waals surface area contributed by atoms with Gasteiger partial charge in [0, 0.05) is 24.4 Å². The Labute approximate surface area is 204 Å². The molecule has 3 rings (SSSR count). The van der Waals surface area contributed by atoms with E-state index in [4.69, 9.17) is 0 Å². The zero-order chi connectivity index (χ0) is 23.5. The molecular formula is C28H40N2O2S. The number of unbranched alkanes of at least 4 members (excludes halogenated alkanes) is 6. The minimum atomic E-state index is -0.0598. The van der Waals surface area contributed by atoms with Crippen molar-refractivity contribution in [2.24, 2.45) is 0 Å². The van der Waals surface area contributed by atoms with Crippen molar-refractivity contribution in [2.45, 2.75) is 84.1 Å². The van der Waals surface area contributed by atoms with Gasteiger partial charge in [-0.05, 0) is 41.8 Å². The monoisotopic (exact) mass is 468 g/mol. The van der Waals surface area contributed by atoms with Gasteiger partial charge in [-0.2, -0.15) is 0 Å². The molecule has 0 spiro atoms.